The van der Waals surface area contributed by atoms with Crippen molar-refractivity contribution in [3.63, 3.8) is 0 Å². The highest BCUT2D eigenvalue weighted by Gasteiger charge is 2.32. The monoisotopic (exact) mass is 323 g/mol. The van der Waals surface area contributed by atoms with E-state index in [0.717, 1.165) is 24.2 Å². The van der Waals surface area contributed by atoms with Crippen LogP contribution in [0.25, 0.3) is 5.57 Å². The lowest BCUT2D eigenvalue weighted by Gasteiger charge is -2.21. The third-order valence-electron chi connectivity index (χ3n) is 3.90. The second-order valence-electron chi connectivity index (χ2n) is 6.11. The number of pyridine rings is 1. The average Bonchev–Trinajstić information content (AvgIpc) is 3.37. The number of carbonyl (C=O) groups excluding carboxylic acids is 1. The summed E-state index contributed by atoms with van der Waals surface area (Å²) >= 11 is 0. The van der Waals surface area contributed by atoms with Gasteiger partial charge in [-0.15, -0.1) is 0 Å². The van der Waals surface area contributed by atoms with Gasteiger partial charge in [0.2, 0.25) is 5.95 Å². The lowest BCUT2D eigenvalue weighted by Crippen LogP contribution is -2.18. The summed E-state index contributed by atoms with van der Waals surface area (Å²) in [7, 11) is 3.96. The smallest absolute Gasteiger partial charge is 0.227 e. The van der Waals surface area contributed by atoms with E-state index < -0.39 is 0 Å². The van der Waals surface area contributed by atoms with E-state index in [-0.39, 0.29) is 5.78 Å². The number of anilines is 2. The summed E-state index contributed by atoms with van der Waals surface area (Å²) in [5, 5.41) is 3.14. The maximum Gasteiger partial charge on any atom is 0.227 e. The Kier molecular flexibility index (Phi) is 4.55. The molecule has 2 aromatic rings. The minimum absolute atomic E-state index is 0.0270. The van der Waals surface area contributed by atoms with E-state index in [9.17, 15) is 4.79 Å². The zero-order valence-corrected chi connectivity index (χ0v) is 14.2. The van der Waals surface area contributed by atoms with E-state index in [1.807, 2.05) is 31.1 Å². The van der Waals surface area contributed by atoms with Crippen LogP contribution in [0.2, 0.25) is 0 Å². The normalized spacial score (nSPS) is 14.8. The first-order valence-corrected chi connectivity index (χ1v) is 7.99. The fourth-order valence-corrected chi connectivity index (χ4v) is 2.76. The van der Waals surface area contributed by atoms with Crippen molar-refractivity contribution in [1.29, 1.82) is 0 Å². The molecule has 3 rings (SSSR count). The van der Waals surface area contributed by atoms with Gasteiger partial charge >= 0.3 is 0 Å². The number of hydrogen-bond acceptors (Lipinski definition) is 6. The predicted molar refractivity (Wildman–Crippen MR) is 93.6 cm³/mol. The molecule has 1 N–H and O–H groups in total. The van der Waals surface area contributed by atoms with Crippen LogP contribution in [0, 0.1) is 5.92 Å². The van der Waals surface area contributed by atoms with Crippen molar-refractivity contribution in [3.05, 3.63) is 48.2 Å². The zero-order chi connectivity index (χ0) is 17.1. The van der Waals surface area contributed by atoms with Crippen LogP contribution in [0.5, 0.6) is 0 Å². The van der Waals surface area contributed by atoms with Crippen LogP contribution in [-0.2, 0) is 4.79 Å². The van der Waals surface area contributed by atoms with Gasteiger partial charge in [-0.2, -0.15) is 0 Å². The maximum absolute atomic E-state index is 12.3. The van der Waals surface area contributed by atoms with Crippen LogP contribution in [-0.4, -0.2) is 39.7 Å². The molecule has 6 heteroatoms. The van der Waals surface area contributed by atoms with Crippen LogP contribution in [0.15, 0.2) is 42.5 Å². The fourth-order valence-electron chi connectivity index (χ4n) is 2.76. The van der Waals surface area contributed by atoms with E-state index in [4.69, 9.17) is 0 Å². The number of aromatic nitrogens is 3. The van der Waals surface area contributed by atoms with Gasteiger partial charge in [-0.1, -0.05) is 0 Å². The molecular weight excluding hydrogens is 302 g/mol. The van der Waals surface area contributed by atoms with Crippen LogP contribution < -0.4 is 5.32 Å². The van der Waals surface area contributed by atoms with Gasteiger partial charge < -0.3 is 10.2 Å². The molecule has 0 amide bonds. The molecule has 1 aliphatic carbocycles. The number of carbonyl (C=O) groups is 1. The molecule has 1 saturated carbocycles. The predicted octanol–water partition coefficient (Wildman–Crippen LogP) is 2.89. The number of allylic oxidation sites excluding steroid dienone is 2. The molecule has 0 saturated heterocycles. The second kappa shape index (κ2) is 6.78. The van der Waals surface area contributed by atoms with Gasteiger partial charge in [0, 0.05) is 44.1 Å². The van der Waals surface area contributed by atoms with Gasteiger partial charge in [-0.25, -0.2) is 9.97 Å². The third-order valence-corrected chi connectivity index (χ3v) is 3.90. The number of hydrogen-bond donors (Lipinski definition) is 1. The Bertz CT molecular complexity index is 762. The highest BCUT2D eigenvalue weighted by molar-refractivity contribution is 6.20. The van der Waals surface area contributed by atoms with E-state index in [1.54, 1.807) is 31.6 Å². The lowest BCUT2D eigenvalue weighted by molar-refractivity contribution is -0.111. The number of nitrogens with zero attached hydrogens (tertiary/aromatic N) is 4. The first kappa shape index (κ1) is 16.1. The van der Waals surface area contributed by atoms with Crippen molar-refractivity contribution in [1.82, 2.24) is 19.9 Å². The van der Waals surface area contributed by atoms with Gasteiger partial charge in [0.05, 0.1) is 11.3 Å². The Morgan fingerprint density at radius 2 is 1.88 bits per heavy atom. The molecule has 0 bridgehead atoms. The summed E-state index contributed by atoms with van der Waals surface area (Å²) in [5.41, 5.74) is 3.26. The second-order valence-corrected chi connectivity index (χ2v) is 6.11. The molecule has 0 radical (unpaired) electrons. The quantitative estimate of drug-likeness (QED) is 0.824. The molecule has 1 fully saturated rings. The van der Waals surface area contributed by atoms with Gasteiger partial charge in [0.25, 0.3) is 0 Å². The van der Waals surface area contributed by atoms with Gasteiger partial charge in [0.1, 0.15) is 0 Å². The third kappa shape index (κ3) is 3.59. The lowest BCUT2D eigenvalue weighted by atomic mass is 10.0. The molecule has 24 heavy (non-hydrogen) atoms. The molecule has 0 atom stereocenters. The van der Waals surface area contributed by atoms with E-state index in [2.05, 4.69) is 20.3 Å². The van der Waals surface area contributed by atoms with Crippen molar-refractivity contribution in [3.8, 4) is 0 Å². The Morgan fingerprint density at radius 3 is 2.46 bits per heavy atom. The minimum atomic E-state index is 0.0270. The van der Waals surface area contributed by atoms with Gasteiger partial charge in [-0.05, 0) is 43.9 Å². The number of ketones is 1. The largest absolute Gasteiger partial charge is 0.380 e. The summed E-state index contributed by atoms with van der Waals surface area (Å²) < 4.78 is 0. The molecule has 2 heterocycles. The van der Waals surface area contributed by atoms with Crippen LogP contribution in [0.3, 0.4) is 0 Å². The van der Waals surface area contributed by atoms with Gasteiger partial charge in [-0.3, -0.25) is 9.78 Å². The summed E-state index contributed by atoms with van der Waals surface area (Å²) in [5.74, 6) is 0.941. The molecule has 1 aliphatic rings. The highest BCUT2D eigenvalue weighted by Crippen LogP contribution is 2.41. The van der Waals surface area contributed by atoms with E-state index in [1.165, 1.54) is 0 Å². The molecule has 124 valence electrons. The molecule has 0 spiro atoms. The van der Waals surface area contributed by atoms with Crippen LogP contribution >= 0.6 is 0 Å². The van der Waals surface area contributed by atoms with Crippen molar-refractivity contribution >= 4 is 23.0 Å². The molecule has 6 nitrogen and oxygen atoms in total. The standard InChI is InChI=1S/C18H21N5O/c1-12(24)16(17(23(2)3)13-4-5-13)15-8-11-20-18(22-15)21-14-6-9-19-10-7-14/h6-11,13H,4-5H2,1-3H3,(H,19,20,21,22)/b17-16+. The van der Waals surface area contributed by atoms with Crippen molar-refractivity contribution in [2.24, 2.45) is 5.92 Å². The maximum atomic E-state index is 12.3. The summed E-state index contributed by atoms with van der Waals surface area (Å²) in [4.78, 5) is 27.1. The topological polar surface area (TPSA) is 71.0 Å². The van der Waals surface area contributed by atoms with E-state index >= 15 is 0 Å². The average molecular weight is 323 g/mol. The SMILES string of the molecule is CC(=O)/C(=C(/C1CC1)N(C)C)c1ccnc(Nc2ccncc2)n1. The van der Waals surface area contributed by atoms with Crippen LogP contribution in [0.1, 0.15) is 25.5 Å². The van der Waals surface area contributed by atoms with Crippen molar-refractivity contribution < 1.29 is 4.79 Å². The fraction of sp³-hybridized carbons (Fsp3) is 0.333. The van der Waals surface area contributed by atoms with Crippen LogP contribution in [0.4, 0.5) is 11.6 Å². The molecular formula is C18H21N5O. The zero-order valence-electron chi connectivity index (χ0n) is 14.2. The Labute approximate surface area is 141 Å². The number of Topliss-reactive ketones (excluding diaryl/α,β-unsaturated/α-hetero) is 1. The first-order chi connectivity index (χ1) is 11.6. The summed E-state index contributed by atoms with van der Waals surface area (Å²) in [6.45, 7) is 1.60. The van der Waals surface area contributed by atoms with Crippen molar-refractivity contribution in [2.75, 3.05) is 19.4 Å². The Morgan fingerprint density at radius 1 is 1.17 bits per heavy atom. The van der Waals surface area contributed by atoms with Gasteiger partial charge in [0.15, 0.2) is 5.78 Å². The molecule has 0 aliphatic heterocycles. The Hall–Kier alpha value is -2.76. The molecule has 0 aromatic carbocycles. The highest BCUT2D eigenvalue weighted by atomic mass is 16.1. The number of nitrogens with one attached hydrogen (secondary N) is 1. The summed E-state index contributed by atoms with van der Waals surface area (Å²) in [6, 6.07) is 5.47. The minimum Gasteiger partial charge on any atom is -0.380 e. The Balaban J connectivity index is 1.99. The summed E-state index contributed by atoms with van der Waals surface area (Å²) in [6.07, 6.45) is 7.32. The van der Waals surface area contributed by atoms with E-state index in [0.29, 0.717) is 23.1 Å². The molecule has 2 aromatic heterocycles. The molecule has 0 unspecified atom stereocenters. The van der Waals surface area contributed by atoms with Crippen molar-refractivity contribution in [2.45, 2.75) is 19.8 Å². The first-order valence-electron chi connectivity index (χ1n) is 7.99. The number of rotatable bonds is 6.